The number of piperidine rings is 1. The van der Waals surface area contributed by atoms with Crippen molar-refractivity contribution in [2.24, 2.45) is 0 Å². The number of anilines is 1. The molecule has 1 atom stereocenters. The molecule has 2 aliphatic rings. The molecule has 0 radical (unpaired) electrons. The molecule has 2 aliphatic heterocycles. The highest BCUT2D eigenvalue weighted by molar-refractivity contribution is 7.99. The lowest BCUT2D eigenvalue weighted by Crippen LogP contribution is -2.33. The molecule has 6 nitrogen and oxygen atoms in total. The maximum Gasteiger partial charge on any atom is 0.190 e. The van der Waals surface area contributed by atoms with E-state index in [9.17, 15) is 5.11 Å². The van der Waals surface area contributed by atoms with Gasteiger partial charge < -0.3 is 10.0 Å². The van der Waals surface area contributed by atoms with E-state index in [0.29, 0.717) is 0 Å². The molecule has 0 spiro atoms. The van der Waals surface area contributed by atoms with E-state index >= 15 is 0 Å². The fraction of sp³-hybridized carbons (Fsp3) is 0.389. The lowest BCUT2D eigenvalue weighted by molar-refractivity contribution is 0.134. The summed E-state index contributed by atoms with van der Waals surface area (Å²) in [5.41, 5.74) is 2.64. The van der Waals surface area contributed by atoms with Gasteiger partial charge in [-0.1, -0.05) is 23.9 Å². The number of thioether (sulfide) groups is 1. The highest BCUT2D eigenvalue weighted by atomic mass is 32.2. The fourth-order valence-corrected chi connectivity index (χ4v) is 5.18. The normalized spacial score (nSPS) is 19.5. The van der Waals surface area contributed by atoms with Gasteiger partial charge in [0.05, 0.1) is 16.6 Å². The highest BCUT2D eigenvalue weighted by Crippen LogP contribution is 2.45. The lowest BCUT2D eigenvalue weighted by atomic mass is 10.1. The molecule has 1 fully saturated rings. The van der Waals surface area contributed by atoms with Crippen LogP contribution in [0.15, 0.2) is 39.6 Å². The van der Waals surface area contributed by atoms with Crippen molar-refractivity contribution in [1.82, 2.24) is 19.5 Å². The molecule has 0 saturated carbocycles. The summed E-state index contributed by atoms with van der Waals surface area (Å²) < 4.78 is 1.90. The second-order valence-electron chi connectivity index (χ2n) is 6.53. The van der Waals surface area contributed by atoms with Gasteiger partial charge in [-0.2, -0.15) is 0 Å². The summed E-state index contributed by atoms with van der Waals surface area (Å²) >= 11 is 3.06. The zero-order chi connectivity index (χ0) is 17.7. The molecule has 0 aliphatic carbocycles. The molecule has 1 aromatic carbocycles. The van der Waals surface area contributed by atoms with Crippen LogP contribution in [-0.2, 0) is 0 Å². The number of aromatic nitrogens is 4. The van der Waals surface area contributed by atoms with Crippen LogP contribution >= 0.6 is 23.5 Å². The van der Waals surface area contributed by atoms with Crippen LogP contribution < -0.4 is 4.90 Å². The van der Waals surface area contributed by atoms with Crippen molar-refractivity contribution < 1.29 is 5.11 Å². The van der Waals surface area contributed by atoms with Crippen molar-refractivity contribution in [1.29, 1.82) is 0 Å². The maximum absolute atomic E-state index is 11.3. The van der Waals surface area contributed by atoms with Gasteiger partial charge in [0.2, 0.25) is 0 Å². The van der Waals surface area contributed by atoms with E-state index in [1.54, 1.807) is 0 Å². The molecule has 3 aromatic rings. The van der Waals surface area contributed by atoms with Crippen molar-refractivity contribution in [3.63, 3.8) is 0 Å². The molecular weight excluding hydrogens is 366 g/mol. The van der Waals surface area contributed by atoms with Gasteiger partial charge in [-0.05, 0) is 49.4 Å². The Bertz CT molecular complexity index is 983. The molecule has 8 heteroatoms. The summed E-state index contributed by atoms with van der Waals surface area (Å²) in [6.07, 6.45) is 4.75. The third-order valence-electron chi connectivity index (χ3n) is 4.96. The number of imidazole rings is 1. The minimum absolute atomic E-state index is 0.744. The van der Waals surface area contributed by atoms with Crippen molar-refractivity contribution >= 4 is 40.4 Å². The summed E-state index contributed by atoms with van der Waals surface area (Å²) in [6.45, 7) is 1.96. The Morgan fingerprint density at radius 2 is 1.92 bits per heavy atom. The van der Waals surface area contributed by atoms with Crippen LogP contribution in [0.1, 0.15) is 31.1 Å². The SMILES string of the molecule is CSc1nc2c(c(N3CCCCC3)n1)C(O)n1c(nc3ccccc31)S2. The zero-order valence-corrected chi connectivity index (χ0v) is 16.1. The molecule has 1 saturated heterocycles. The van der Waals surface area contributed by atoms with Crippen LogP contribution in [0, 0.1) is 0 Å². The van der Waals surface area contributed by atoms with Crippen molar-refractivity contribution in [3.05, 3.63) is 29.8 Å². The quantitative estimate of drug-likeness (QED) is 0.411. The van der Waals surface area contributed by atoms with E-state index in [2.05, 4.69) is 14.9 Å². The summed E-state index contributed by atoms with van der Waals surface area (Å²) in [5, 5.41) is 13.6. The standard InChI is InChI=1S/C18H19N5OS2/c1-25-17-20-14(22-9-5-2-6-10-22)13-15(21-17)26-18-19-11-7-3-4-8-12(11)23(18)16(13)24/h3-4,7-8,16,24H,2,5-6,9-10H2,1H3. The van der Waals surface area contributed by atoms with Crippen LogP contribution in [0.3, 0.4) is 0 Å². The van der Waals surface area contributed by atoms with Crippen LogP contribution in [0.4, 0.5) is 5.82 Å². The first-order valence-corrected chi connectivity index (χ1v) is 10.8. The number of rotatable bonds is 2. The number of benzene rings is 1. The van der Waals surface area contributed by atoms with Crippen LogP contribution in [0.2, 0.25) is 0 Å². The van der Waals surface area contributed by atoms with E-state index in [0.717, 1.165) is 63.7 Å². The van der Waals surface area contributed by atoms with Crippen LogP contribution in [0.5, 0.6) is 0 Å². The Morgan fingerprint density at radius 3 is 2.73 bits per heavy atom. The Balaban J connectivity index is 1.70. The number of hydrogen-bond donors (Lipinski definition) is 1. The average molecular weight is 386 g/mol. The van der Waals surface area contributed by atoms with Gasteiger partial charge >= 0.3 is 0 Å². The number of aliphatic hydroxyl groups excluding tert-OH is 1. The summed E-state index contributed by atoms with van der Waals surface area (Å²) in [7, 11) is 0. The topological polar surface area (TPSA) is 67.1 Å². The first-order valence-electron chi connectivity index (χ1n) is 8.80. The van der Waals surface area contributed by atoms with E-state index < -0.39 is 6.23 Å². The fourth-order valence-electron chi connectivity index (χ4n) is 3.71. The zero-order valence-electron chi connectivity index (χ0n) is 14.4. The van der Waals surface area contributed by atoms with Gasteiger partial charge in [-0.15, -0.1) is 0 Å². The monoisotopic (exact) mass is 385 g/mol. The molecule has 5 rings (SSSR count). The smallest absolute Gasteiger partial charge is 0.190 e. The number of hydrogen-bond acceptors (Lipinski definition) is 7. The van der Waals surface area contributed by atoms with E-state index in [1.807, 2.05) is 35.1 Å². The molecule has 0 bridgehead atoms. The second-order valence-corrected chi connectivity index (χ2v) is 8.26. The predicted molar refractivity (Wildman–Crippen MR) is 104 cm³/mol. The molecule has 0 amide bonds. The van der Waals surface area contributed by atoms with Crippen molar-refractivity contribution in [2.75, 3.05) is 24.2 Å². The predicted octanol–water partition coefficient (Wildman–Crippen LogP) is 3.54. The third-order valence-corrected chi connectivity index (χ3v) is 6.49. The number of aliphatic hydroxyl groups is 1. The Morgan fingerprint density at radius 1 is 1.12 bits per heavy atom. The third kappa shape index (κ3) is 2.51. The molecule has 26 heavy (non-hydrogen) atoms. The van der Waals surface area contributed by atoms with Crippen molar-refractivity contribution in [3.8, 4) is 0 Å². The van der Waals surface area contributed by atoms with Gasteiger partial charge in [0.1, 0.15) is 10.8 Å². The second kappa shape index (κ2) is 6.44. The van der Waals surface area contributed by atoms with Gasteiger partial charge in [0.15, 0.2) is 16.5 Å². The average Bonchev–Trinajstić information content (AvgIpc) is 3.06. The van der Waals surface area contributed by atoms with Gasteiger partial charge in [-0.25, -0.2) is 15.0 Å². The molecule has 1 unspecified atom stereocenters. The lowest BCUT2D eigenvalue weighted by Gasteiger charge is -2.33. The summed E-state index contributed by atoms with van der Waals surface area (Å²) in [4.78, 5) is 16.5. The van der Waals surface area contributed by atoms with Crippen LogP contribution in [-0.4, -0.2) is 44.0 Å². The highest BCUT2D eigenvalue weighted by Gasteiger charge is 2.34. The van der Waals surface area contributed by atoms with E-state index in [1.165, 1.54) is 29.9 Å². The Hall–Kier alpha value is -1.77. The van der Waals surface area contributed by atoms with Gasteiger partial charge in [0, 0.05) is 13.1 Å². The van der Waals surface area contributed by atoms with E-state index in [-0.39, 0.29) is 0 Å². The summed E-state index contributed by atoms with van der Waals surface area (Å²) in [6, 6.07) is 7.92. The Labute approximate surface area is 160 Å². The molecular formula is C18H19N5OS2. The first-order chi connectivity index (χ1) is 12.8. The molecule has 4 heterocycles. The maximum atomic E-state index is 11.3. The minimum Gasteiger partial charge on any atom is -0.369 e. The summed E-state index contributed by atoms with van der Waals surface area (Å²) in [5.74, 6) is 0.877. The molecule has 134 valence electrons. The minimum atomic E-state index is -0.818. The molecule has 1 N–H and O–H groups in total. The number of para-hydroxylation sites is 2. The van der Waals surface area contributed by atoms with Gasteiger partial charge in [0.25, 0.3) is 0 Å². The van der Waals surface area contributed by atoms with Crippen LogP contribution in [0.25, 0.3) is 11.0 Å². The first kappa shape index (κ1) is 16.4. The number of nitrogens with zero attached hydrogens (tertiary/aromatic N) is 5. The Kier molecular flexibility index (Phi) is 4.06. The molecule has 2 aromatic heterocycles. The van der Waals surface area contributed by atoms with Crippen molar-refractivity contribution in [2.45, 2.75) is 40.8 Å². The van der Waals surface area contributed by atoms with E-state index in [4.69, 9.17) is 4.98 Å². The number of fused-ring (bicyclic) bond motifs is 4. The largest absolute Gasteiger partial charge is 0.369 e. The van der Waals surface area contributed by atoms with Gasteiger partial charge in [-0.3, -0.25) is 4.57 Å².